The molecule has 0 amide bonds. The fourth-order valence-electron chi connectivity index (χ4n) is 5.51. The Balaban J connectivity index is 1.93. The summed E-state index contributed by atoms with van der Waals surface area (Å²) in [6, 6.07) is 6.42. The van der Waals surface area contributed by atoms with Crippen molar-refractivity contribution in [1.82, 2.24) is 0 Å². The summed E-state index contributed by atoms with van der Waals surface area (Å²) in [7, 11) is 3.04. The Hall–Kier alpha value is -2.36. The number of allylic oxidation sites excluding steroid dienone is 3. The van der Waals surface area contributed by atoms with Gasteiger partial charge in [0.1, 0.15) is 18.0 Å². The lowest BCUT2D eigenvalue weighted by molar-refractivity contribution is -0.148. The normalized spacial score (nSPS) is 28.3. The second-order valence-electron chi connectivity index (χ2n) is 8.51. The van der Waals surface area contributed by atoms with Crippen molar-refractivity contribution < 1.29 is 19.1 Å². The minimum absolute atomic E-state index is 0.0142. The third-order valence-electron chi connectivity index (χ3n) is 7.16. The van der Waals surface area contributed by atoms with Gasteiger partial charge in [0.05, 0.1) is 14.2 Å². The first-order chi connectivity index (χ1) is 13.9. The number of ketones is 1. The molecule has 156 valence electrons. The van der Waals surface area contributed by atoms with Gasteiger partial charge in [0, 0.05) is 5.41 Å². The maximum absolute atomic E-state index is 13.2. The van der Waals surface area contributed by atoms with E-state index in [1.54, 1.807) is 13.2 Å². The van der Waals surface area contributed by atoms with Crippen molar-refractivity contribution in [3.8, 4) is 5.75 Å². The molecular weight excluding hydrogens is 364 g/mol. The lowest BCUT2D eigenvalue weighted by atomic mass is 9.52. The summed E-state index contributed by atoms with van der Waals surface area (Å²) in [5.41, 5.74) is 2.27. The summed E-state index contributed by atoms with van der Waals surface area (Å²) in [5, 5.41) is 0. The van der Waals surface area contributed by atoms with Gasteiger partial charge in [-0.15, -0.1) is 0 Å². The lowest BCUT2D eigenvalue weighted by Crippen LogP contribution is -2.47. The number of aryl methyl sites for hydroxylation is 1. The Kier molecular flexibility index (Phi) is 6.61. The molecule has 4 heteroatoms. The molecule has 4 nitrogen and oxygen atoms in total. The Morgan fingerprint density at radius 2 is 2.07 bits per heavy atom. The molecule has 0 radical (unpaired) electrons. The minimum Gasteiger partial charge on any atom is -0.497 e. The number of rotatable bonds is 7. The minimum atomic E-state index is -0.509. The number of carbonyl (C=O) groups excluding carboxylic acids is 2. The first kappa shape index (κ1) is 21.4. The quantitative estimate of drug-likeness (QED) is 0.369. The van der Waals surface area contributed by atoms with Crippen LogP contribution in [-0.4, -0.2) is 26.0 Å². The number of benzene rings is 1. The van der Waals surface area contributed by atoms with E-state index in [9.17, 15) is 9.59 Å². The molecule has 0 unspecified atom stereocenters. The van der Waals surface area contributed by atoms with Gasteiger partial charge in [-0.2, -0.15) is 0 Å². The van der Waals surface area contributed by atoms with E-state index < -0.39 is 11.4 Å². The molecule has 2 aliphatic carbocycles. The molecule has 2 aliphatic rings. The monoisotopic (exact) mass is 396 g/mol. The Bertz CT molecular complexity index is 809. The highest BCUT2D eigenvalue weighted by Gasteiger charge is 2.51. The lowest BCUT2D eigenvalue weighted by Gasteiger charge is -2.51. The van der Waals surface area contributed by atoms with Gasteiger partial charge in [-0.25, -0.2) is 0 Å². The molecule has 1 saturated carbocycles. The molecule has 1 fully saturated rings. The number of carbonyl (C=O) groups is 2. The molecule has 1 aromatic rings. The molecule has 29 heavy (non-hydrogen) atoms. The van der Waals surface area contributed by atoms with Crippen molar-refractivity contribution in [2.24, 2.45) is 17.3 Å². The van der Waals surface area contributed by atoms with Gasteiger partial charge in [-0.1, -0.05) is 37.8 Å². The fraction of sp³-hybridized carbons (Fsp3) is 0.520. The first-order valence-electron chi connectivity index (χ1n) is 10.5. The van der Waals surface area contributed by atoms with Crippen LogP contribution in [0.2, 0.25) is 0 Å². The highest BCUT2D eigenvalue weighted by molar-refractivity contribution is 5.98. The number of hydrogen-bond donors (Lipinski definition) is 0. The largest absolute Gasteiger partial charge is 0.497 e. The molecule has 0 heterocycles. The third-order valence-corrected chi connectivity index (χ3v) is 7.16. The molecular formula is C25H32O4. The number of ether oxygens (including phenoxy) is 2. The van der Waals surface area contributed by atoms with Crippen LogP contribution in [0.4, 0.5) is 0 Å². The van der Waals surface area contributed by atoms with Crippen LogP contribution in [0.3, 0.4) is 0 Å². The van der Waals surface area contributed by atoms with Crippen molar-refractivity contribution in [3.05, 3.63) is 54.1 Å². The van der Waals surface area contributed by atoms with Gasteiger partial charge < -0.3 is 9.47 Å². The summed E-state index contributed by atoms with van der Waals surface area (Å²) >= 11 is 0. The summed E-state index contributed by atoms with van der Waals surface area (Å²) in [4.78, 5) is 25.0. The van der Waals surface area contributed by atoms with E-state index in [-0.39, 0.29) is 18.1 Å². The van der Waals surface area contributed by atoms with E-state index in [4.69, 9.17) is 9.47 Å². The zero-order valence-corrected chi connectivity index (χ0v) is 17.8. The molecule has 0 bridgehead atoms. The Morgan fingerprint density at radius 1 is 1.28 bits per heavy atom. The standard InChI is InChI=1S/C25H32O4/c1-5-6-7-8-22-21-11-9-17-15-18(28-3)10-12-19(17)20(21)13-14-25(22,2)23(26)16-24(27)29-4/h5-7,10,12,15,20-22H,1,8-9,11,13-14,16H2,2-4H3/b7-6+/t20-,21-,22+,25+/m1/s1. The summed E-state index contributed by atoms with van der Waals surface area (Å²) < 4.78 is 10.2. The van der Waals surface area contributed by atoms with Gasteiger partial charge in [0.15, 0.2) is 0 Å². The SMILES string of the molecule is C=C/C=C/C[C@H]1[C@@H]2CCc3cc(OC)ccc3[C@H]2CC[C@]1(C)C(=O)CC(=O)OC. The molecule has 0 aliphatic heterocycles. The zero-order chi connectivity index (χ0) is 21.0. The van der Waals surface area contributed by atoms with Crippen molar-refractivity contribution in [2.75, 3.05) is 14.2 Å². The fourth-order valence-corrected chi connectivity index (χ4v) is 5.51. The number of Topliss-reactive ketones (excluding diaryl/α,β-unsaturated/α-hetero) is 1. The third kappa shape index (κ3) is 4.17. The van der Waals surface area contributed by atoms with Gasteiger partial charge in [-0.05, 0) is 73.1 Å². The molecule has 3 rings (SSSR count). The molecule has 1 aromatic carbocycles. The average molecular weight is 397 g/mol. The Labute approximate surface area is 174 Å². The van der Waals surface area contributed by atoms with Crippen LogP contribution in [0.1, 0.15) is 56.1 Å². The van der Waals surface area contributed by atoms with Crippen LogP contribution < -0.4 is 4.74 Å². The number of hydrogen-bond acceptors (Lipinski definition) is 4. The summed E-state index contributed by atoms with van der Waals surface area (Å²) in [6.45, 7) is 5.83. The van der Waals surface area contributed by atoms with Crippen molar-refractivity contribution in [1.29, 1.82) is 0 Å². The number of fused-ring (bicyclic) bond motifs is 3. The highest BCUT2D eigenvalue weighted by Crippen LogP contribution is 2.56. The van der Waals surface area contributed by atoms with Crippen molar-refractivity contribution in [2.45, 2.75) is 51.4 Å². The van der Waals surface area contributed by atoms with Gasteiger partial charge in [0.2, 0.25) is 0 Å². The molecule has 4 atom stereocenters. The van der Waals surface area contributed by atoms with E-state index in [0.717, 1.165) is 37.9 Å². The topological polar surface area (TPSA) is 52.6 Å². The second kappa shape index (κ2) is 8.98. The average Bonchev–Trinajstić information content (AvgIpc) is 2.74. The van der Waals surface area contributed by atoms with Gasteiger partial charge in [-0.3, -0.25) is 9.59 Å². The summed E-state index contributed by atoms with van der Waals surface area (Å²) in [5.74, 6) is 1.54. The van der Waals surface area contributed by atoms with Crippen LogP contribution in [-0.2, 0) is 20.7 Å². The number of methoxy groups -OCH3 is 2. The van der Waals surface area contributed by atoms with Crippen LogP contribution in [0.25, 0.3) is 0 Å². The molecule has 0 aromatic heterocycles. The predicted molar refractivity (Wildman–Crippen MR) is 114 cm³/mol. The van der Waals surface area contributed by atoms with Gasteiger partial charge in [0.25, 0.3) is 0 Å². The van der Waals surface area contributed by atoms with Crippen LogP contribution in [0, 0.1) is 17.3 Å². The maximum atomic E-state index is 13.2. The number of esters is 1. The summed E-state index contributed by atoms with van der Waals surface area (Å²) in [6.07, 6.45) is 10.3. The highest BCUT2D eigenvalue weighted by atomic mass is 16.5. The van der Waals surface area contributed by atoms with Crippen LogP contribution in [0.15, 0.2) is 43.0 Å². The molecule has 0 spiro atoms. The smallest absolute Gasteiger partial charge is 0.313 e. The second-order valence-corrected chi connectivity index (χ2v) is 8.51. The predicted octanol–water partition coefficient (Wildman–Crippen LogP) is 5.02. The van der Waals surface area contributed by atoms with E-state index in [1.807, 2.05) is 12.1 Å². The van der Waals surface area contributed by atoms with Crippen molar-refractivity contribution >= 4 is 11.8 Å². The zero-order valence-electron chi connectivity index (χ0n) is 17.8. The molecule has 0 N–H and O–H groups in total. The van der Waals surface area contributed by atoms with E-state index in [1.165, 1.54) is 18.2 Å². The first-order valence-corrected chi connectivity index (χ1v) is 10.5. The maximum Gasteiger partial charge on any atom is 0.313 e. The molecule has 0 saturated heterocycles. The van der Waals surface area contributed by atoms with E-state index >= 15 is 0 Å². The van der Waals surface area contributed by atoms with E-state index in [0.29, 0.717) is 11.8 Å². The van der Waals surface area contributed by atoms with Crippen LogP contribution >= 0.6 is 0 Å². The van der Waals surface area contributed by atoms with E-state index in [2.05, 4.69) is 31.7 Å². The van der Waals surface area contributed by atoms with Crippen LogP contribution in [0.5, 0.6) is 5.75 Å². The Morgan fingerprint density at radius 3 is 2.76 bits per heavy atom. The van der Waals surface area contributed by atoms with Gasteiger partial charge >= 0.3 is 5.97 Å². The van der Waals surface area contributed by atoms with Crippen molar-refractivity contribution in [3.63, 3.8) is 0 Å².